The Labute approximate surface area is 150 Å². The molecule has 1 unspecified atom stereocenters. The van der Waals surface area contributed by atoms with E-state index in [0.29, 0.717) is 17.9 Å². The van der Waals surface area contributed by atoms with Crippen LogP contribution in [0.2, 0.25) is 0 Å². The molecule has 1 aliphatic rings. The van der Waals surface area contributed by atoms with Crippen molar-refractivity contribution in [2.45, 2.75) is 12.5 Å². The van der Waals surface area contributed by atoms with Gasteiger partial charge in [-0.05, 0) is 47.6 Å². The third-order valence-corrected chi connectivity index (χ3v) is 4.29. The van der Waals surface area contributed by atoms with Gasteiger partial charge in [-0.15, -0.1) is 0 Å². The smallest absolute Gasteiger partial charge is 0.187 e. The monoisotopic (exact) mass is 359 g/mol. The Kier molecular flexibility index (Phi) is 4.85. The van der Waals surface area contributed by atoms with Crippen molar-refractivity contribution in [3.8, 4) is 11.5 Å². The van der Waals surface area contributed by atoms with Crippen LogP contribution in [-0.4, -0.2) is 30.1 Å². The zero-order valence-electron chi connectivity index (χ0n) is 13.9. The number of hydrogen-bond acceptors (Lipinski definition) is 4. The molecule has 2 aromatic rings. The normalized spacial score (nSPS) is 16.5. The molecule has 0 spiro atoms. The van der Waals surface area contributed by atoms with E-state index in [1.165, 1.54) is 12.1 Å². The first-order chi connectivity index (χ1) is 12.0. The average Bonchev–Trinajstić information content (AvgIpc) is 3.07. The van der Waals surface area contributed by atoms with Crippen LogP contribution in [0.1, 0.15) is 23.6 Å². The van der Waals surface area contributed by atoms with Gasteiger partial charge in [-0.25, -0.2) is 9.40 Å². The summed E-state index contributed by atoms with van der Waals surface area (Å²) in [6.07, 6.45) is 0.596. The van der Waals surface area contributed by atoms with Crippen LogP contribution >= 0.6 is 12.2 Å². The van der Waals surface area contributed by atoms with Gasteiger partial charge in [0.1, 0.15) is 5.82 Å². The maximum atomic E-state index is 13.2. The molecule has 0 aromatic heterocycles. The molecule has 1 atom stereocenters. The topological polar surface area (TPSA) is 60.1 Å². The first-order valence-electron chi connectivity index (χ1n) is 7.67. The van der Waals surface area contributed by atoms with Crippen LogP contribution in [0.3, 0.4) is 0 Å². The highest BCUT2D eigenvalue weighted by Gasteiger charge is 2.31. The van der Waals surface area contributed by atoms with Crippen LogP contribution in [0.5, 0.6) is 11.5 Å². The zero-order valence-corrected chi connectivity index (χ0v) is 14.7. The standard InChI is InChI=1S/C18H18FN3O2S/c1-23-16-8-5-12(9-17(16)24-2)15-10-14(21-22(15)18(20)25)11-3-6-13(19)7-4-11/h3-9,15H,10H2,1-2H3,(H2,20,25). The lowest BCUT2D eigenvalue weighted by molar-refractivity contribution is 0.347. The lowest BCUT2D eigenvalue weighted by Crippen LogP contribution is -2.31. The highest BCUT2D eigenvalue weighted by molar-refractivity contribution is 7.80. The van der Waals surface area contributed by atoms with E-state index in [1.807, 2.05) is 18.2 Å². The fourth-order valence-corrected chi connectivity index (χ4v) is 3.02. The fraction of sp³-hybridized carbons (Fsp3) is 0.222. The summed E-state index contributed by atoms with van der Waals surface area (Å²) < 4.78 is 23.8. The van der Waals surface area contributed by atoms with Gasteiger partial charge in [0, 0.05) is 6.42 Å². The van der Waals surface area contributed by atoms with Crippen molar-refractivity contribution in [3.63, 3.8) is 0 Å². The van der Waals surface area contributed by atoms with E-state index in [0.717, 1.165) is 16.8 Å². The molecule has 7 heteroatoms. The molecule has 0 saturated carbocycles. The second kappa shape index (κ2) is 7.06. The Balaban J connectivity index is 1.94. The third-order valence-electron chi connectivity index (χ3n) is 4.11. The third kappa shape index (κ3) is 3.41. The molecule has 0 fully saturated rings. The predicted octanol–water partition coefficient (Wildman–Crippen LogP) is 3.24. The lowest BCUT2D eigenvalue weighted by Gasteiger charge is -2.22. The summed E-state index contributed by atoms with van der Waals surface area (Å²) in [4.78, 5) is 0. The van der Waals surface area contributed by atoms with Gasteiger partial charge in [-0.1, -0.05) is 18.2 Å². The van der Waals surface area contributed by atoms with Gasteiger partial charge in [0.25, 0.3) is 0 Å². The van der Waals surface area contributed by atoms with E-state index in [9.17, 15) is 4.39 Å². The minimum Gasteiger partial charge on any atom is -0.493 e. The number of benzene rings is 2. The van der Waals surface area contributed by atoms with Gasteiger partial charge < -0.3 is 15.2 Å². The Morgan fingerprint density at radius 1 is 1.16 bits per heavy atom. The molecule has 0 amide bonds. The Morgan fingerprint density at radius 2 is 1.84 bits per heavy atom. The van der Waals surface area contributed by atoms with Gasteiger partial charge in [-0.3, -0.25) is 0 Å². The second-order valence-electron chi connectivity index (χ2n) is 5.57. The number of thiocarbonyl (C=S) groups is 1. The molecule has 3 rings (SSSR count). The summed E-state index contributed by atoms with van der Waals surface area (Å²) in [6.45, 7) is 0. The van der Waals surface area contributed by atoms with Crippen LogP contribution in [-0.2, 0) is 0 Å². The van der Waals surface area contributed by atoms with E-state index in [4.69, 9.17) is 27.4 Å². The van der Waals surface area contributed by atoms with E-state index < -0.39 is 0 Å². The first kappa shape index (κ1) is 17.2. The number of hydrogen-bond donors (Lipinski definition) is 1. The van der Waals surface area contributed by atoms with Gasteiger partial charge >= 0.3 is 0 Å². The number of nitrogens with two attached hydrogens (primary N) is 1. The quantitative estimate of drug-likeness (QED) is 0.850. The highest BCUT2D eigenvalue weighted by atomic mass is 32.1. The van der Waals surface area contributed by atoms with Gasteiger partial charge in [-0.2, -0.15) is 5.10 Å². The number of ether oxygens (including phenoxy) is 2. The van der Waals surface area contributed by atoms with Crippen LogP contribution < -0.4 is 15.2 Å². The van der Waals surface area contributed by atoms with E-state index in [-0.39, 0.29) is 17.0 Å². The maximum Gasteiger partial charge on any atom is 0.187 e. The maximum absolute atomic E-state index is 13.2. The summed E-state index contributed by atoms with van der Waals surface area (Å²) in [5.74, 6) is 0.980. The van der Waals surface area contributed by atoms with Crippen molar-refractivity contribution in [3.05, 3.63) is 59.4 Å². The van der Waals surface area contributed by atoms with Gasteiger partial charge in [0.15, 0.2) is 16.6 Å². The molecular weight excluding hydrogens is 341 g/mol. The number of halogens is 1. The Morgan fingerprint density at radius 3 is 2.44 bits per heavy atom. The van der Waals surface area contributed by atoms with E-state index in [1.54, 1.807) is 31.4 Å². The SMILES string of the molecule is COc1ccc(C2CC(c3ccc(F)cc3)=NN2C(N)=S)cc1OC. The molecule has 0 aliphatic carbocycles. The van der Waals surface area contributed by atoms with E-state index >= 15 is 0 Å². The van der Waals surface area contributed by atoms with Crippen molar-refractivity contribution in [1.82, 2.24) is 5.01 Å². The summed E-state index contributed by atoms with van der Waals surface area (Å²) in [5.41, 5.74) is 8.44. The Bertz CT molecular complexity index is 824. The molecule has 0 radical (unpaired) electrons. The largest absolute Gasteiger partial charge is 0.493 e. The van der Waals surface area contributed by atoms with Crippen LogP contribution in [0.25, 0.3) is 0 Å². The minimum atomic E-state index is -0.287. The number of nitrogens with zero attached hydrogens (tertiary/aromatic N) is 2. The lowest BCUT2D eigenvalue weighted by atomic mass is 9.98. The highest BCUT2D eigenvalue weighted by Crippen LogP contribution is 2.37. The van der Waals surface area contributed by atoms with Crippen molar-refractivity contribution in [1.29, 1.82) is 0 Å². The van der Waals surface area contributed by atoms with E-state index in [2.05, 4.69) is 5.10 Å². The molecule has 2 aromatic carbocycles. The Hall–Kier alpha value is -2.67. The number of hydrazone groups is 1. The average molecular weight is 359 g/mol. The van der Waals surface area contributed by atoms with Crippen molar-refractivity contribution in [2.75, 3.05) is 14.2 Å². The van der Waals surface area contributed by atoms with Crippen molar-refractivity contribution < 1.29 is 13.9 Å². The number of methoxy groups -OCH3 is 2. The molecule has 2 N–H and O–H groups in total. The van der Waals surface area contributed by atoms with Gasteiger partial charge in [0.05, 0.1) is 26.0 Å². The molecule has 1 heterocycles. The summed E-state index contributed by atoms with van der Waals surface area (Å²) >= 11 is 5.15. The summed E-state index contributed by atoms with van der Waals surface area (Å²) in [7, 11) is 3.17. The van der Waals surface area contributed by atoms with Crippen LogP contribution in [0, 0.1) is 5.82 Å². The fourth-order valence-electron chi connectivity index (χ4n) is 2.85. The molecule has 0 bridgehead atoms. The van der Waals surface area contributed by atoms with Crippen molar-refractivity contribution >= 4 is 23.0 Å². The number of rotatable bonds is 4. The molecular formula is C18H18FN3O2S. The molecule has 0 saturated heterocycles. The molecule has 25 heavy (non-hydrogen) atoms. The van der Waals surface area contributed by atoms with Crippen LogP contribution in [0.4, 0.5) is 4.39 Å². The first-order valence-corrected chi connectivity index (χ1v) is 8.08. The van der Waals surface area contributed by atoms with Crippen molar-refractivity contribution in [2.24, 2.45) is 10.8 Å². The summed E-state index contributed by atoms with van der Waals surface area (Å²) in [6, 6.07) is 11.7. The second-order valence-corrected chi connectivity index (χ2v) is 5.99. The minimum absolute atomic E-state index is 0.155. The van der Waals surface area contributed by atoms with Gasteiger partial charge in [0.2, 0.25) is 0 Å². The van der Waals surface area contributed by atoms with Crippen LogP contribution in [0.15, 0.2) is 47.6 Å². The molecule has 1 aliphatic heterocycles. The zero-order chi connectivity index (χ0) is 18.0. The molecule has 130 valence electrons. The predicted molar refractivity (Wildman–Crippen MR) is 98.5 cm³/mol. The summed E-state index contributed by atoms with van der Waals surface area (Å²) in [5, 5.41) is 6.32. The molecule has 5 nitrogen and oxygen atoms in total.